The Morgan fingerprint density at radius 3 is 0.947 bits per heavy atom. The predicted molar refractivity (Wildman–Crippen MR) is 329 cm³/mol. The summed E-state index contributed by atoms with van der Waals surface area (Å²) in [5.41, 5.74) is 0. The predicted octanol–water partition coefficient (Wildman–Crippen LogP) is 22.0. The van der Waals surface area contributed by atoms with Gasteiger partial charge in [-0.05, 0) is 51.4 Å². The highest BCUT2D eigenvalue weighted by molar-refractivity contribution is 5.76. The van der Waals surface area contributed by atoms with E-state index in [2.05, 4.69) is 31.3 Å². The molecule has 0 aromatic carbocycles. The lowest BCUT2D eigenvalue weighted by Gasteiger charge is -2.22. The Morgan fingerprint density at radius 1 is 0.360 bits per heavy atom. The molecule has 0 fully saturated rings. The third-order valence-electron chi connectivity index (χ3n) is 16.3. The maximum Gasteiger partial charge on any atom is 0.305 e. The molecule has 1 amide bonds. The molecular weight excluding hydrogens is 923 g/mol. The lowest BCUT2D eigenvalue weighted by molar-refractivity contribution is -0.143. The van der Waals surface area contributed by atoms with E-state index in [0.717, 1.165) is 44.9 Å². The average molecular weight is 1060 g/mol. The molecule has 0 saturated heterocycles. The quantitative estimate of drug-likeness (QED) is 0.0320. The molecule has 0 heterocycles. The summed E-state index contributed by atoms with van der Waals surface area (Å²) in [6, 6.07) is -0.536. The molecule has 446 valence electrons. The van der Waals surface area contributed by atoms with Gasteiger partial charge in [-0.15, -0.1) is 0 Å². The third kappa shape index (κ3) is 61.7. The van der Waals surface area contributed by atoms with E-state index >= 15 is 0 Å². The second-order valence-electron chi connectivity index (χ2n) is 23.9. The largest absolute Gasteiger partial charge is 0.466 e. The second-order valence-corrected chi connectivity index (χ2v) is 23.9. The molecule has 2 unspecified atom stereocenters. The smallest absolute Gasteiger partial charge is 0.305 e. The van der Waals surface area contributed by atoms with Crippen molar-refractivity contribution in [2.45, 2.75) is 405 Å². The van der Waals surface area contributed by atoms with Gasteiger partial charge in [0.05, 0.1) is 25.4 Å². The summed E-state index contributed by atoms with van der Waals surface area (Å²) in [4.78, 5) is 24.6. The van der Waals surface area contributed by atoms with Crippen molar-refractivity contribution in [1.82, 2.24) is 5.32 Å². The molecule has 2 atom stereocenters. The van der Waals surface area contributed by atoms with Gasteiger partial charge in [-0.25, -0.2) is 0 Å². The number of rotatable bonds is 65. The number of hydrogen-bond acceptors (Lipinski definition) is 5. The van der Waals surface area contributed by atoms with E-state index in [4.69, 9.17) is 4.74 Å². The molecule has 0 aromatic rings. The van der Waals surface area contributed by atoms with E-state index < -0.39 is 12.1 Å². The minimum absolute atomic E-state index is 0.0175. The molecule has 0 aliphatic carbocycles. The molecule has 0 bridgehead atoms. The van der Waals surface area contributed by atoms with Gasteiger partial charge >= 0.3 is 5.97 Å². The van der Waals surface area contributed by atoms with E-state index in [1.54, 1.807) is 0 Å². The van der Waals surface area contributed by atoms with E-state index in [9.17, 15) is 19.8 Å². The summed E-state index contributed by atoms with van der Waals surface area (Å²) in [7, 11) is 0. The van der Waals surface area contributed by atoms with Crippen molar-refractivity contribution in [3.8, 4) is 0 Å². The fraction of sp³-hybridized carbons (Fsp3) is 0.942. The van der Waals surface area contributed by atoms with Gasteiger partial charge < -0.3 is 20.3 Å². The van der Waals surface area contributed by atoms with E-state index in [0.29, 0.717) is 25.9 Å². The Kier molecular flexibility index (Phi) is 63.9. The summed E-state index contributed by atoms with van der Waals surface area (Å²) < 4.78 is 5.50. The Labute approximate surface area is 469 Å². The van der Waals surface area contributed by atoms with Gasteiger partial charge in [-0.2, -0.15) is 0 Å². The number of esters is 1. The Hall–Kier alpha value is -1.40. The lowest BCUT2D eigenvalue weighted by atomic mass is 10.0. The topological polar surface area (TPSA) is 95.9 Å². The summed E-state index contributed by atoms with van der Waals surface area (Å²) in [6.45, 7) is 4.97. The number of aliphatic hydroxyl groups is 2. The highest BCUT2D eigenvalue weighted by Gasteiger charge is 2.20. The SMILES string of the molecule is CCCCCCCC/C=C\CCCCCCCCCC(=O)OCCCCCCCCCCCCCCCCCCCCCCCCCCCCCCCCC(=O)NC(CO)C(O)CCCCCCCCCCCCC. The maximum absolute atomic E-state index is 12.5. The van der Waals surface area contributed by atoms with Crippen molar-refractivity contribution in [3.63, 3.8) is 0 Å². The monoisotopic (exact) mass is 1060 g/mol. The second kappa shape index (κ2) is 65.1. The Bertz CT molecular complexity index is 1130. The number of allylic oxidation sites excluding steroid dienone is 2. The minimum atomic E-state index is -0.659. The highest BCUT2D eigenvalue weighted by Crippen LogP contribution is 2.19. The van der Waals surface area contributed by atoms with E-state index in [-0.39, 0.29) is 18.5 Å². The molecule has 6 heteroatoms. The van der Waals surface area contributed by atoms with Crippen LogP contribution in [0.2, 0.25) is 0 Å². The zero-order chi connectivity index (χ0) is 54.3. The molecule has 6 nitrogen and oxygen atoms in total. The van der Waals surface area contributed by atoms with Crippen LogP contribution in [-0.4, -0.2) is 47.4 Å². The number of ether oxygens (including phenoxy) is 1. The number of carbonyl (C=O) groups excluding carboxylic acids is 2. The zero-order valence-corrected chi connectivity index (χ0v) is 51.1. The fourth-order valence-corrected chi connectivity index (χ4v) is 11.1. The van der Waals surface area contributed by atoms with Crippen molar-refractivity contribution in [2.75, 3.05) is 13.2 Å². The van der Waals surface area contributed by atoms with Crippen LogP contribution >= 0.6 is 0 Å². The number of hydrogen-bond donors (Lipinski definition) is 3. The number of aliphatic hydroxyl groups excluding tert-OH is 2. The van der Waals surface area contributed by atoms with E-state index in [1.807, 2.05) is 0 Å². The molecule has 0 aliphatic rings. The van der Waals surface area contributed by atoms with Gasteiger partial charge in [-0.3, -0.25) is 9.59 Å². The molecule has 75 heavy (non-hydrogen) atoms. The lowest BCUT2D eigenvalue weighted by Crippen LogP contribution is -2.45. The van der Waals surface area contributed by atoms with Crippen molar-refractivity contribution in [3.05, 3.63) is 12.2 Å². The number of carbonyl (C=O) groups is 2. The van der Waals surface area contributed by atoms with Crippen molar-refractivity contribution >= 4 is 11.9 Å². The fourth-order valence-electron chi connectivity index (χ4n) is 11.1. The Balaban J connectivity index is 3.29. The highest BCUT2D eigenvalue weighted by atomic mass is 16.5. The van der Waals surface area contributed by atoms with Gasteiger partial charge in [0.15, 0.2) is 0 Å². The first-order valence-corrected chi connectivity index (χ1v) is 34.4. The van der Waals surface area contributed by atoms with Gasteiger partial charge in [0.25, 0.3) is 0 Å². The molecule has 3 N–H and O–H groups in total. The maximum atomic E-state index is 12.5. The van der Waals surface area contributed by atoms with Crippen LogP contribution in [0.4, 0.5) is 0 Å². The Morgan fingerprint density at radius 2 is 0.627 bits per heavy atom. The standard InChI is InChI=1S/C69H135NO5/c1-3-5-7-9-11-13-15-16-17-32-36-39-43-47-51-55-59-63-69(74)75-64-60-56-52-48-44-40-37-34-31-29-27-25-23-21-19-18-20-22-24-26-28-30-33-35-38-42-46-50-54-58-62-68(73)70-66(65-71)67(72)61-57-53-49-45-41-14-12-10-8-6-4-2/h16-17,66-67,71-72H,3-15,18-65H2,1-2H3,(H,70,73)/b17-16-. The van der Waals surface area contributed by atoms with Crippen LogP contribution in [-0.2, 0) is 14.3 Å². The molecule has 0 saturated carbocycles. The van der Waals surface area contributed by atoms with Crippen molar-refractivity contribution in [1.29, 1.82) is 0 Å². The first-order valence-electron chi connectivity index (χ1n) is 34.4. The van der Waals surface area contributed by atoms with Crippen LogP contribution in [0.15, 0.2) is 12.2 Å². The summed E-state index contributed by atoms with van der Waals surface area (Å²) in [5, 5.41) is 23.2. The molecule has 0 aliphatic heterocycles. The first-order chi connectivity index (χ1) is 37.0. The van der Waals surface area contributed by atoms with Gasteiger partial charge in [0, 0.05) is 12.8 Å². The van der Waals surface area contributed by atoms with Crippen LogP contribution in [0.25, 0.3) is 0 Å². The molecular formula is C69H135NO5. The molecule has 0 aromatic heterocycles. The summed E-state index contributed by atoms with van der Waals surface area (Å²) in [5.74, 6) is -0.0124. The third-order valence-corrected chi connectivity index (χ3v) is 16.3. The first kappa shape index (κ1) is 73.6. The number of amides is 1. The van der Waals surface area contributed by atoms with Crippen LogP contribution in [0.3, 0.4) is 0 Å². The van der Waals surface area contributed by atoms with Gasteiger partial charge in [0.1, 0.15) is 0 Å². The summed E-state index contributed by atoms with van der Waals surface area (Å²) >= 11 is 0. The normalized spacial score (nSPS) is 12.5. The summed E-state index contributed by atoms with van der Waals surface area (Å²) in [6.07, 6.45) is 79.8. The van der Waals surface area contributed by atoms with Crippen LogP contribution in [0.5, 0.6) is 0 Å². The minimum Gasteiger partial charge on any atom is -0.466 e. The molecule has 0 rings (SSSR count). The van der Waals surface area contributed by atoms with Crippen LogP contribution in [0, 0.1) is 0 Å². The van der Waals surface area contributed by atoms with Gasteiger partial charge in [0.2, 0.25) is 5.91 Å². The number of unbranched alkanes of at least 4 members (excludes halogenated alkanes) is 52. The van der Waals surface area contributed by atoms with Crippen LogP contribution < -0.4 is 5.32 Å². The van der Waals surface area contributed by atoms with Crippen molar-refractivity contribution in [2.24, 2.45) is 0 Å². The number of nitrogens with one attached hydrogen (secondary N) is 1. The van der Waals surface area contributed by atoms with Crippen LogP contribution in [0.1, 0.15) is 393 Å². The van der Waals surface area contributed by atoms with E-state index in [1.165, 1.54) is 315 Å². The average Bonchev–Trinajstić information content (AvgIpc) is 3.41. The molecule has 0 radical (unpaired) electrons. The van der Waals surface area contributed by atoms with Gasteiger partial charge in [-0.1, -0.05) is 341 Å². The zero-order valence-electron chi connectivity index (χ0n) is 51.1. The van der Waals surface area contributed by atoms with Crippen molar-refractivity contribution < 1.29 is 24.5 Å². The molecule has 0 spiro atoms.